The minimum Gasteiger partial charge on any atom is -0.492 e. The SMILES string of the molecule is NCCCCCC(=O)NCCCC[C@H](N)C(=O)NCCCN(CCCNC(=O)[C@@H](N)CCCCNC(=O)CCCCCN)CCOc1ccc(CCCCN=C(N)NC(=O)c2nc(Cl)c(N)nc2N)cc1. The van der Waals surface area contributed by atoms with Crippen LogP contribution in [0.3, 0.4) is 0 Å². The number of carbonyl (C=O) groups is 5. The number of nitrogens with zero attached hydrogens (tertiary/aromatic N) is 4. The Balaban J connectivity index is 1.78. The van der Waals surface area contributed by atoms with Crippen LogP contribution in [0.15, 0.2) is 29.3 Å². The van der Waals surface area contributed by atoms with Crippen LogP contribution in [0.4, 0.5) is 11.6 Å². The van der Waals surface area contributed by atoms with E-state index in [1.165, 1.54) is 0 Å². The smallest absolute Gasteiger partial charge is 0.280 e. The van der Waals surface area contributed by atoms with Crippen LogP contribution >= 0.6 is 11.6 Å². The summed E-state index contributed by atoms with van der Waals surface area (Å²) in [7, 11) is 0. The molecular formula is C48H85ClN16O6. The summed E-state index contributed by atoms with van der Waals surface area (Å²) in [6, 6.07) is 6.65. The average molecular weight is 1020 g/mol. The summed E-state index contributed by atoms with van der Waals surface area (Å²) in [6.07, 6.45) is 14.1. The number of anilines is 2. The number of nitrogen functional groups attached to an aromatic ring is 2. The molecule has 0 aliphatic carbocycles. The summed E-state index contributed by atoms with van der Waals surface area (Å²) in [5.74, 6) is -0.630. The number of aromatic nitrogens is 2. The van der Waals surface area contributed by atoms with Gasteiger partial charge < -0.3 is 66.1 Å². The Hall–Kier alpha value is -5.39. The number of carbonyl (C=O) groups excluding carboxylic acids is 5. The van der Waals surface area contributed by atoms with Crippen LogP contribution < -0.4 is 71.5 Å². The van der Waals surface area contributed by atoms with Crippen molar-refractivity contribution >= 4 is 58.7 Å². The van der Waals surface area contributed by atoms with E-state index in [0.29, 0.717) is 111 Å². The van der Waals surface area contributed by atoms with Crippen LogP contribution in [0.1, 0.15) is 132 Å². The summed E-state index contributed by atoms with van der Waals surface area (Å²) in [5.41, 5.74) is 41.5. The van der Waals surface area contributed by atoms with E-state index >= 15 is 0 Å². The van der Waals surface area contributed by atoms with Crippen LogP contribution in [0.5, 0.6) is 5.75 Å². The molecule has 0 fully saturated rings. The molecule has 1 heterocycles. The largest absolute Gasteiger partial charge is 0.492 e. The molecule has 0 aliphatic rings. The van der Waals surface area contributed by atoms with E-state index in [9.17, 15) is 24.0 Å². The maximum atomic E-state index is 12.7. The zero-order valence-corrected chi connectivity index (χ0v) is 42.6. The predicted molar refractivity (Wildman–Crippen MR) is 281 cm³/mol. The van der Waals surface area contributed by atoms with Gasteiger partial charge in [-0.3, -0.25) is 39.2 Å². The van der Waals surface area contributed by atoms with Gasteiger partial charge in [0.2, 0.25) is 23.6 Å². The molecule has 5 amide bonds. The van der Waals surface area contributed by atoms with Gasteiger partial charge in [0.15, 0.2) is 28.4 Å². The molecule has 0 unspecified atom stereocenters. The molecule has 0 spiro atoms. The van der Waals surface area contributed by atoms with E-state index in [1.54, 1.807) is 0 Å². The fourth-order valence-corrected chi connectivity index (χ4v) is 7.35. The Morgan fingerprint density at radius 3 is 1.70 bits per heavy atom. The molecule has 2 atom stereocenters. The van der Waals surface area contributed by atoms with E-state index in [0.717, 1.165) is 94.8 Å². The fourth-order valence-electron chi connectivity index (χ4n) is 7.22. The molecule has 2 aromatic rings. The summed E-state index contributed by atoms with van der Waals surface area (Å²) in [4.78, 5) is 76.0. The normalized spacial score (nSPS) is 12.3. The number of benzene rings is 1. The number of nitrogens with one attached hydrogen (secondary N) is 5. The lowest BCUT2D eigenvalue weighted by molar-refractivity contribution is -0.123. The molecule has 1 aromatic heterocycles. The first-order valence-corrected chi connectivity index (χ1v) is 25.8. The highest BCUT2D eigenvalue weighted by atomic mass is 35.5. The molecule has 0 bridgehead atoms. The number of aryl methyl sites for hydroxylation is 1. The van der Waals surface area contributed by atoms with Gasteiger partial charge in [-0.2, -0.15) is 0 Å². The number of aliphatic imine (C=N–C) groups is 1. The Kier molecular flexibility index (Phi) is 33.3. The van der Waals surface area contributed by atoms with Crippen molar-refractivity contribution < 1.29 is 28.7 Å². The maximum Gasteiger partial charge on any atom is 0.280 e. The molecule has 2 rings (SSSR count). The third-order valence-corrected chi connectivity index (χ3v) is 11.7. The monoisotopic (exact) mass is 1020 g/mol. The van der Waals surface area contributed by atoms with Crippen molar-refractivity contribution in [3.05, 3.63) is 40.7 Å². The second-order valence-corrected chi connectivity index (χ2v) is 17.9. The second-order valence-electron chi connectivity index (χ2n) is 17.5. The number of unbranched alkanes of at least 4 members (excludes halogenated alkanes) is 7. The van der Waals surface area contributed by atoms with E-state index in [4.69, 9.17) is 56.5 Å². The number of hydrogen-bond donors (Lipinski definition) is 12. The lowest BCUT2D eigenvalue weighted by Crippen LogP contribution is -2.42. The minimum absolute atomic E-state index is 0.0356. The van der Waals surface area contributed by atoms with Gasteiger partial charge in [0.05, 0.1) is 12.1 Å². The highest BCUT2D eigenvalue weighted by molar-refractivity contribution is 6.31. The van der Waals surface area contributed by atoms with Crippen LogP contribution in [0.25, 0.3) is 0 Å². The molecular weight excluding hydrogens is 932 g/mol. The second kappa shape index (κ2) is 38.3. The molecule has 400 valence electrons. The summed E-state index contributed by atoms with van der Waals surface area (Å²) < 4.78 is 6.12. The van der Waals surface area contributed by atoms with Crippen LogP contribution in [0, 0.1) is 0 Å². The summed E-state index contributed by atoms with van der Waals surface area (Å²) in [6.45, 7) is 6.12. The predicted octanol–water partition coefficient (Wildman–Crippen LogP) is 1.32. The number of hydrogen-bond acceptors (Lipinski definition) is 16. The summed E-state index contributed by atoms with van der Waals surface area (Å²) >= 11 is 5.86. The third kappa shape index (κ3) is 29.5. The zero-order valence-electron chi connectivity index (χ0n) is 41.8. The standard InChI is InChI=1S/C48H85ClN16O6/c49-42-44(55)63-43(54)41(62-42)47(70)64-48(56)61-28-10-5-15-35-20-22-36(23-21-35)71-34-33-65(31-13-29-59-45(68)37(52)16-6-11-26-57-39(66)18-3-1-8-24-50)32-14-30-60-46(69)38(53)17-7-12-27-58-40(67)19-4-2-9-25-51/h20-23,37-38H,1-19,24-34,50-53H2,(H,57,66)(H,58,67)(H,59,68)(H,60,69)(H4,54,55,63)(H3,56,61,64,70)/t37-,38-/m0/s1. The van der Waals surface area contributed by atoms with E-state index in [2.05, 4.69) is 46.4 Å². The van der Waals surface area contributed by atoms with Crippen LogP contribution in [0.2, 0.25) is 5.15 Å². The van der Waals surface area contributed by atoms with Gasteiger partial charge in [-0.15, -0.1) is 0 Å². The van der Waals surface area contributed by atoms with E-state index < -0.39 is 18.0 Å². The Morgan fingerprint density at radius 2 is 1.17 bits per heavy atom. The van der Waals surface area contributed by atoms with Gasteiger partial charge in [0, 0.05) is 52.1 Å². The van der Waals surface area contributed by atoms with Gasteiger partial charge in [-0.1, -0.05) is 36.6 Å². The lowest BCUT2D eigenvalue weighted by atomic mass is 10.1. The Bertz CT molecular complexity index is 1820. The number of amides is 5. The number of nitrogens with two attached hydrogens (primary N) is 7. The Morgan fingerprint density at radius 1 is 0.634 bits per heavy atom. The van der Waals surface area contributed by atoms with E-state index in [1.807, 2.05) is 24.3 Å². The highest BCUT2D eigenvalue weighted by Crippen LogP contribution is 2.17. The van der Waals surface area contributed by atoms with Crippen LogP contribution in [-0.2, 0) is 25.6 Å². The van der Waals surface area contributed by atoms with Gasteiger partial charge in [0.1, 0.15) is 12.4 Å². The number of halogens is 1. The first kappa shape index (κ1) is 61.7. The van der Waals surface area contributed by atoms with Crippen LogP contribution in [-0.4, -0.2) is 135 Å². The number of ether oxygens (including phenoxy) is 1. The number of guanidine groups is 1. The van der Waals surface area contributed by atoms with Crippen molar-refractivity contribution in [2.24, 2.45) is 33.7 Å². The fraction of sp³-hybridized carbons (Fsp3) is 0.667. The van der Waals surface area contributed by atoms with Crippen molar-refractivity contribution in [1.29, 1.82) is 0 Å². The lowest BCUT2D eigenvalue weighted by Gasteiger charge is -2.23. The van der Waals surface area contributed by atoms with Crippen molar-refractivity contribution in [3.63, 3.8) is 0 Å². The summed E-state index contributed by atoms with van der Waals surface area (Å²) in [5, 5.41) is 14.1. The molecule has 0 radical (unpaired) electrons. The third-order valence-electron chi connectivity index (χ3n) is 11.4. The molecule has 71 heavy (non-hydrogen) atoms. The Labute approximate surface area is 425 Å². The number of rotatable bonds is 40. The first-order chi connectivity index (χ1) is 34.2. The van der Waals surface area contributed by atoms with Crippen molar-refractivity contribution in [3.8, 4) is 5.75 Å². The molecule has 1 aromatic carbocycles. The van der Waals surface area contributed by atoms with Crippen molar-refractivity contribution in [1.82, 2.24) is 41.5 Å². The average Bonchev–Trinajstić information content (AvgIpc) is 3.34. The van der Waals surface area contributed by atoms with Gasteiger partial charge >= 0.3 is 0 Å². The van der Waals surface area contributed by atoms with Crippen molar-refractivity contribution in [2.45, 2.75) is 134 Å². The maximum absolute atomic E-state index is 12.7. The van der Waals surface area contributed by atoms with Gasteiger partial charge in [0.25, 0.3) is 5.91 Å². The zero-order chi connectivity index (χ0) is 52.1. The van der Waals surface area contributed by atoms with Gasteiger partial charge in [-0.05, 0) is 140 Å². The molecule has 0 saturated heterocycles. The first-order valence-electron chi connectivity index (χ1n) is 25.4. The molecule has 0 aliphatic heterocycles. The molecule has 22 nitrogen and oxygen atoms in total. The quantitative estimate of drug-likeness (QED) is 0.0254. The minimum atomic E-state index is -0.695. The highest BCUT2D eigenvalue weighted by Gasteiger charge is 2.18. The van der Waals surface area contributed by atoms with E-state index in [-0.39, 0.29) is 52.1 Å². The van der Waals surface area contributed by atoms with Gasteiger partial charge in [-0.25, -0.2) is 9.97 Å². The topological polar surface area (TPSA) is 378 Å². The molecule has 0 saturated carbocycles. The van der Waals surface area contributed by atoms with Crippen molar-refractivity contribution in [2.75, 3.05) is 83.5 Å². The molecule has 23 heteroatoms. The molecule has 19 N–H and O–H groups in total.